The smallest absolute Gasteiger partial charge is 0.330 e. The summed E-state index contributed by atoms with van der Waals surface area (Å²) in [6.07, 6.45) is 0. The molecule has 0 aromatic heterocycles. The number of methoxy groups -OCH3 is 1. The molecule has 0 radical (unpaired) electrons. The molecule has 0 fully saturated rings. The first-order valence-electron chi connectivity index (χ1n) is 6.10. The van der Waals surface area contributed by atoms with Gasteiger partial charge in [-0.2, -0.15) is 0 Å². The molecular formula is C15H13Br2NO3. The summed E-state index contributed by atoms with van der Waals surface area (Å²) in [5.74, 6) is -0.366. The molecule has 0 bridgehead atoms. The minimum Gasteiger partial charge on any atom is -0.495 e. The highest BCUT2D eigenvalue weighted by molar-refractivity contribution is 9.13. The van der Waals surface area contributed by atoms with Gasteiger partial charge in [-0.1, -0.05) is 18.2 Å². The Morgan fingerprint density at radius 2 is 1.90 bits per heavy atom. The molecule has 0 amide bonds. The fourth-order valence-electron chi connectivity index (χ4n) is 1.90. The molecular weight excluding hydrogens is 402 g/mol. The number of carboxylic acids is 1. The number of hydrogen-bond acceptors (Lipinski definition) is 3. The quantitative estimate of drug-likeness (QED) is 0.758. The summed E-state index contributed by atoms with van der Waals surface area (Å²) >= 11 is 6.76. The third kappa shape index (κ3) is 3.77. The number of halogens is 2. The van der Waals surface area contributed by atoms with E-state index in [0.29, 0.717) is 17.0 Å². The van der Waals surface area contributed by atoms with E-state index < -0.39 is 12.0 Å². The standard InChI is InChI=1S/C15H13Br2NO3/c1-21-13-5-3-2-4-12(13)18-14(15(19)20)9-6-7-10(16)11(17)8-9/h2-8,14,18H,1H3,(H,19,20). The normalized spacial score (nSPS) is 11.8. The summed E-state index contributed by atoms with van der Waals surface area (Å²) in [7, 11) is 1.55. The highest BCUT2D eigenvalue weighted by atomic mass is 79.9. The van der Waals surface area contributed by atoms with Crippen molar-refractivity contribution in [2.24, 2.45) is 0 Å². The van der Waals surface area contributed by atoms with E-state index in [9.17, 15) is 9.90 Å². The van der Waals surface area contributed by atoms with Crippen molar-refractivity contribution in [2.75, 3.05) is 12.4 Å². The maximum atomic E-state index is 11.6. The third-order valence-corrected chi connectivity index (χ3v) is 4.81. The lowest BCUT2D eigenvalue weighted by atomic mass is 10.1. The number of ether oxygens (including phenoxy) is 1. The van der Waals surface area contributed by atoms with Crippen LogP contribution in [0.2, 0.25) is 0 Å². The Labute approximate surface area is 139 Å². The molecule has 0 aliphatic heterocycles. The molecule has 0 spiro atoms. The van der Waals surface area contributed by atoms with E-state index in [1.165, 1.54) is 0 Å². The highest BCUT2D eigenvalue weighted by Crippen LogP contribution is 2.31. The first kappa shape index (κ1) is 15.9. The van der Waals surface area contributed by atoms with Crippen LogP contribution in [0.25, 0.3) is 0 Å². The van der Waals surface area contributed by atoms with Gasteiger partial charge in [0.05, 0.1) is 12.8 Å². The zero-order valence-corrected chi connectivity index (χ0v) is 14.3. The van der Waals surface area contributed by atoms with Crippen molar-refractivity contribution in [2.45, 2.75) is 6.04 Å². The Morgan fingerprint density at radius 3 is 2.52 bits per heavy atom. The lowest BCUT2D eigenvalue weighted by Gasteiger charge is -2.18. The molecule has 1 unspecified atom stereocenters. The van der Waals surface area contributed by atoms with Crippen molar-refractivity contribution in [3.8, 4) is 5.75 Å². The largest absolute Gasteiger partial charge is 0.495 e. The van der Waals surface area contributed by atoms with E-state index in [2.05, 4.69) is 37.2 Å². The first-order valence-corrected chi connectivity index (χ1v) is 7.69. The second kappa shape index (κ2) is 6.95. The van der Waals surface area contributed by atoms with Gasteiger partial charge in [0, 0.05) is 8.95 Å². The molecule has 110 valence electrons. The van der Waals surface area contributed by atoms with Gasteiger partial charge in [0.1, 0.15) is 5.75 Å². The predicted molar refractivity (Wildman–Crippen MR) is 88.8 cm³/mol. The van der Waals surface area contributed by atoms with E-state index in [1.807, 2.05) is 12.1 Å². The number of benzene rings is 2. The average Bonchev–Trinajstić information content (AvgIpc) is 2.48. The number of carbonyl (C=O) groups is 1. The van der Waals surface area contributed by atoms with Crippen molar-refractivity contribution in [3.63, 3.8) is 0 Å². The molecule has 0 saturated carbocycles. The summed E-state index contributed by atoms with van der Waals surface area (Å²) in [6, 6.07) is 11.7. The molecule has 0 saturated heterocycles. The van der Waals surface area contributed by atoms with Gasteiger partial charge in [0.2, 0.25) is 0 Å². The van der Waals surface area contributed by atoms with Crippen LogP contribution in [0.4, 0.5) is 5.69 Å². The summed E-state index contributed by atoms with van der Waals surface area (Å²) in [5.41, 5.74) is 1.27. The first-order chi connectivity index (χ1) is 10.0. The van der Waals surface area contributed by atoms with Crippen LogP contribution in [0, 0.1) is 0 Å². The summed E-state index contributed by atoms with van der Waals surface area (Å²) in [4.78, 5) is 11.6. The zero-order chi connectivity index (χ0) is 15.4. The van der Waals surface area contributed by atoms with Gasteiger partial charge in [0.25, 0.3) is 0 Å². The SMILES string of the molecule is COc1ccccc1NC(C(=O)O)c1ccc(Br)c(Br)c1. The second-order valence-corrected chi connectivity index (χ2v) is 6.00. The van der Waals surface area contributed by atoms with Crippen LogP contribution in [0.1, 0.15) is 11.6 Å². The molecule has 2 aromatic carbocycles. The highest BCUT2D eigenvalue weighted by Gasteiger charge is 2.21. The third-order valence-electron chi connectivity index (χ3n) is 2.93. The van der Waals surface area contributed by atoms with Gasteiger partial charge in [0.15, 0.2) is 6.04 Å². The fraction of sp³-hybridized carbons (Fsp3) is 0.133. The number of para-hydroxylation sites is 2. The van der Waals surface area contributed by atoms with Crippen molar-refractivity contribution in [1.29, 1.82) is 0 Å². The molecule has 4 nitrogen and oxygen atoms in total. The van der Waals surface area contributed by atoms with E-state index >= 15 is 0 Å². The van der Waals surface area contributed by atoms with Crippen LogP contribution < -0.4 is 10.1 Å². The van der Waals surface area contributed by atoms with Crippen LogP contribution in [-0.2, 0) is 4.79 Å². The summed E-state index contributed by atoms with van der Waals surface area (Å²) in [5, 5.41) is 12.5. The molecule has 0 aliphatic carbocycles. The van der Waals surface area contributed by atoms with Crippen molar-refractivity contribution in [3.05, 3.63) is 57.0 Å². The van der Waals surface area contributed by atoms with E-state index in [-0.39, 0.29) is 0 Å². The number of carboxylic acid groups (broad SMARTS) is 1. The predicted octanol–water partition coefficient (Wildman–Crippen LogP) is 4.46. The lowest BCUT2D eigenvalue weighted by molar-refractivity contribution is -0.138. The minimum atomic E-state index is -0.963. The average molecular weight is 415 g/mol. The van der Waals surface area contributed by atoms with Crippen molar-refractivity contribution >= 4 is 43.5 Å². The lowest BCUT2D eigenvalue weighted by Crippen LogP contribution is -2.20. The molecule has 0 aliphatic rings. The Hall–Kier alpha value is -1.53. The van der Waals surface area contributed by atoms with Gasteiger partial charge in [-0.3, -0.25) is 0 Å². The Morgan fingerprint density at radius 1 is 1.19 bits per heavy atom. The maximum absolute atomic E-state index is 11.6. The molecule has 1 atom stereocenters. The Balaban J connectivity index is 2.35. The van der Waals surface area contributed by atoms with Gasteiger partial charge in [-0.25, -0.2) is 4.79 Å². The Kier molecular flexibility index (Phi) is 5.25. The number of aliphatic carboxylic acids is 1. The molecule has 0 heterocycles. The molecule has 6 heteroatoms. The van der Waals surface area contributed by atoms with E-state index in [4.69, 9.17) is 4.74 Å². The van der Waals surface area contributed by atoms with Gasteiger partial charge in [-0.05, 0) is 61.7 Å². The van der Waals surface area contributed by atoms with Crippen LogP contribution in [0.5, 0.6) is 5.75 Å². The number of anilines is 1. The van der Waals surface area contributed by atoms with Crippen LogP contribution in [0.3, 0.4) is 0 Å². The van der Waals surface area contributed by atoms with E-state index in [1.54, 1.807) is 37.4 Å². The molecule has 2 N–H and O–H groups in total. The monoisotopic (exact) mass is 413 g/mol. The molecule has 2 aromatic rings. The Bertz CT molecular complexity index is 661. The molecule has 21 heavy (non-hydrogen) atoms. The maximum Gasteiger partial charge on any atom is 0.330 e. The van der Waals surface area contributed by atoms with Gasteiger partial charge < -0.3 is 15.2 Å². The van der Waals surface area contributed by atoms with Gasteiger partial charge in [-0.15, -0.1) is 0 Å². The number of nitrogens with one attached hydrogen (secondary N) is 1. The molecule has 2 rings (SSSR count). The summed E-state index contributed by atoms with van der Waals surface area (Å²) in [6.45, 7) is 0. The fourth-order valence-corrected chi connectivity index (χ4v) is 2.54. The second-order valence-electron chi connectivity index (χ2n) is 4.29. The number of rotatable bonds is 5. The minimum absolute atomic E-state index is 0.597. The topological polar surface area (TPSA) is 58.6 Å². The van der Waals surface area contributed by atoms with Crippen LogP contribution >= 0.6 is 31.9 Å². The number of hydrogen-bond donors (Lipinski definition) is 2. The van der Waals surface area contributed by atoms with Crippen molar-refractivity contribution in [1.82, 2.24) is 0 Å². The van der Waals surface area contributed by atoms with E-state index in [0.717, 1.165) is 8.95 Å². The summed E-state index contributed by atoms with van der Waals surface area (Å²) < 4.78 is 6.90. The zero-order valence-electron chi connectivity index (χ0n) is 11.1. The van der Waals surface area contributed by atoms with Crippen LogP contribution in [-0.4, -0.2) is 18.2 Å². The van der Waals surface area contributed by atoms with Crippen molar-refractivity contribution < 1.29 is 14.6 Å². The van der Waals surface area contributed by atoms with Crippen LogP contribution in [0.15, 0.2) is 51.4 Å². The van der Waals surface area contributed by atoms with Gasteiger partial charge >= 0.3 is 5.97 Å².